The molecule has 1 nitrogen and oxygen atoms in total. The van der Waals surface area contributed by atoms with Crippen molar-refractivity contribution >= 4 is 0 Å². The molecule has 0 aliphatic carbocycles. The van der Waals surface area contributed by atoms with Gasteiger partial charge in [-0.3, -0.25) is 5.32 Å². The van der Waals surface area contributed by atoms with Crippen LogP contribution in [-0.4, -0.2) is 0 Å². The summed E-state index contributed by atoms with van der Waals surface area (Å²) in [7, 11) is 0. The molecule has 0 spiro atoms. The van der Waals surface area contributed by atoms with Crippen LogP contribution in [0.2, 0.25) is 0 Å². The summed E-state index contributed by atoms with van der Waals surface area (Å²) in [4.78, 5) is 0. The van der Waals surface area contributed by atoms with E-state index in [4.69, 9.17) is 0 Å². The Bertz CT molecular complexity index is 478. The second-order valence-electron chi connectivity index (χ2n) is 4.08. The minimum absolute atomic E-state index is 0.180. The van der Waals surface area contributed by atoms with Crippen LogP contribution < -0.4 is 5.32 Å². The van der Waals surface area contributed by atoms with Crippen LogP contribution in [0, 0.1) is 5.82 Å². The van der Waals surface area contributed by atoms with Crippen molar-refractivity contribution in [2.24, 2.45) is 0 Å². The monoisotopic (exact) mass is 213 g/mol. The summed E-state index contributed by atoms with van der Waals surface area (Å²) < 4.78 is 12.8. The fourth-order valence-corrected chi connectivity index (χ4v) is 2.05. The second kappa shape index (κ2) is 3.72. The Balaban J connectivity index is 1.79. The molecule has 1 heterocycles. The maximum Gasteiger partial charge on any atom is 0.123 e. The lowest BCUT2D eigenvalue weighted by molar-refractivity contribution is 0.627. The summed E-state index contributed by atoms with van der Waals surface area (Å²) in [6.07, 6.45) is 0. The number of hydrogen-bond acceptors (Lipinski definition) is 1. The predicted molar refractivity (Wildman–Crippen MR) is 61.5 cm³/mol. The van der Waals surface area contributed by atoms with Crippen molar-refractivity contribution in [3.05, 3.63) is 71.5 Å². The lowest BCUT2D eigenvalue weighted by Crippen LogP contribution is -1.84. The Morgan fingerprint density at radius 2 is 1.31 bits per heavy atom. The van der Waals surface area contributed by atoms with Crippen LogP contribution >= 0.6 is 0 Å². The highest BCUT2D eigenvalue weighted by Gasteiger charge is 2.38. The van der Waals surface area contributed by atoms with Gasteiger partial charge in [0.2, 0.25) is 0 Å². The van der Waals surface area contributed by atoms with E-state index >= 15 is 0 Å². The molecular formula is C14H12FN. The van der Waals surface area contributed by atoms with Crippen molar-refractivity contribution < 1.29 is 4.39 Å². The van der Waals surface area contributed by atoms with Crippen molar-refractivity contribution in [3.8, 4) is 0 Å². The van der Waals surface area contributed by atoms with E-state index in [0.29, 0.717) is 12.1 Å². The summed E-state index contributed by atoms with van der Waals surface area (Å²) >= 11 is 0. The van der Waals surface area contributed by atoms with E-state index in [2.05, 4.69) is 17.4 Å². The zero-order valence-corrected chi connectivity index (χ0v) is 8.73. The molecule has 1 N–H and O–H groups in total. The Morgan fingerprint density at radius 1 is 0.750 bits per heavy atom. The quantitative estimate of drug-likeness (QED) is 0.760. The number of benzene rings is 2. The van der Waals surface area contributed by atoms with Gasteiger partial charge in [0.1, 0.15) is 5.82 Å². The van der Waals surface area contributed by atoms with Gasteiger partial charge in [0, 0.05) is 0 Å². The Labute approximate surface area is 93.9 Å². The molecule has 0 saturated carbocycles. The maximum atomic E-state index is 12.8. The molecule has 80 valence electrons. The molecule has 2 heteroatoms. The topological polar surface area (TPSA) is 21.9 Å². The van der Waals surface area contributed by atoms with Gasteiger partial charge in [-0.2, -0.15) is 0 Å². The van der Waals surface area contributed by atoms with Crippen molar-refractivity contribution in [1.82, 2.24) is 5.32 Å². The largest absolute Gasteiger partial charge is 0.300 e. The molecule has 0 radical (unpaired) electrons. The predicted octanol–water partition coefficient (Wildman–Crippen LogP) is 3.21. The van der Waals surface area contributed by atoms with Gasteiger partial charge in [-0.1, -0.05) is 42.5 Å². The van der Waals surface area contributed by atoms with Gasteiger partial charge in [0.05, 0.1) is 12.1 Å². The van der Waals surface area contributed by atoms with E-state index in [1.807, 2.05) is 30.3 Å². The normalized spacial score (nSPS) is 23.1. The molecule has 1 saturated heterocycles. The molecule has 1 aliphatic rings. The van der Waals surface area contributed by atoms with E-state index in [-0.39, 0.29) is 5.82 Å². The van der Waals surface area contributed by atoms with Crippen molar-refractivity contribution in [3.63, 3.8) is 0 Å². The van der Waals surface area contributed by atoms with Gasteiger partial charge in [-0.25, -0.2) is 4.39 Å². The lowest BCUT2D eigenvalue weighted by Gasteiger charge is -1.98. The first-order valence-electron chi connectivity index (χ1n) is 5.41. The average molecular weight is 213 g/mol. The third-order valence-electron chi connectivity index (χ3n) is 2.97. The summed E-state index contributed by atoms with van der Waals surface area (Å²) in [6.45, 7) is 0. The first-order valence-corrected chi connectivity index (χ1v) is 5.41. The average Bonchev–Trinajstić information content (AvgIpc) is 3.11. The summed E-state index contributed by atoms with van der Waals surface area (Å²) in [5, 5.41) is 3.40. The lowest BCUT2D eigenvalue weighted by atomic mass is 10.0. The third-order valence-corrected chi connectivity index (χ3v) is 2.97. The maximum absolute atomic E-state index is 12.8. The molecule has 0 aromatic heterocycles. The highest BCUT2D eigenvalue weighted by atomic mass is 19.1. The standard InChI is InChI=1S/C14H12FN/c15-12-8-6-11(7-9-12)14-13(16-14)10-4-2-1-3-5-10/h1-9,13-14,16H. The molecule has 1 aliphatic heterocycles. The van der Waals surface area contributed by atoms with E-state index in [0.717, 1.165) is 5.56 Å². The number of halogens is 1. The van der Waals surface area contributed by atoms with Gasteiger partial charge in [-0.05, 0) is 23.3 Å². The highest BCUT2D eigenvalue weighted by Crippen LogP contribution is 2.41. The molecule has 3 rings (SSSR count). The SMILES string of the molecule is Fc1ccc(C2NC2c2ccccc2)cc1. The molecule has 2 aromatic carbocycles. The fourth-order valence-electron chi connectivity index (χ4n) is 2.05. The van der Waals surface area contributed by atoms with E-state index in [9.17, 15) is 4.39 Å². The van der Waals surface area contributed by atoms with Crippen molar-refractivity contribution in [1.29, 1.82) is 0 Å². The zero-order chi connectivity index (χ0) is 11.0. The molecule has 0 amide bonds. The van der Waals surface area contributed by atoms with Gasteiger partial charge >= 0.3 is 0 Å². The Morgan fingerprint density at radius 3 is 1.94 bits per heavy atom. The van der Waals surface area contributed by atoms with Crippen LogP contribution in [0.25, 0.3) is 0 Å². The van der Waals surface area contributed by atoms with Crippen LogP contribution in [0.15, 0.2) is 54.6 Å². The summed E-state index contributed by atoms with van der Waals surface area (Å²) in [5.41, 5.74) is 2.44. The Hall–Kier alpha value is -1.67. The molecule has 0 bridgehead atoms. The highest BCUT2D eigenvalue weighted by molar-refractivity contribution is 5.34. The Kier molecular flexibility index (Phi) is 2.22. The molecular weight excluding hydrogens is 201 g/mol. The zero-order valence-electron chi connectivity index (χ0n) is 8.73. The number of nitrogens with one attached hydrogen (secondary N) is 1. The van der Waals surface area contributed by atoms with Crippen LogP contribution in [-0.2, 0) is 0 Å². The van der Waals surface area contributed by atoms with E-state index in [1.54, 1.807) is 0 Å². The van der Waals surface area contributed by atoms with Crippen molar-refractivity contribution in [2.75, 3.05) is 0 Å². The van der Waals surface area contributed by atoms with Gasteiger partial charge in [0.25, 0.3) is 0 Å². The summed E-state index contributed by atoms with van der Waals surface area (Å²) in [5.74, 6) is -0.180. The molecule has 2 aromatic rings. The van der Waals surface area contributed by atoms with E-state index < -0.39 is 0 Å². The molecule has 2 atom stereocenters. The summed E-state index contributed by atoms with van der Waals surface area (Å²) in [6, 6.07) is 17.7. The number of rotatable bonds is 2. The number of hydrogen-bond donors (Lipinski definition) is 1. The van der Waals surface area contributed by atoms with Crippen molar-refractivity contribution in [2.45, 2.75) is 12.1 Å². The first kappa shape index (κ1) is 9.55. The van der Waals surface area contributed by atoms with E-state index in [1.165, 1.54) is 17.7 Å². The second-order valence-corrected chi connectivity index (χ2v) is 4.08. The van der Waals surface area contributed by atoms with Crippen LogP contribution in [0.5, 0.6) is 0 Å². The fraction of sp³-hybridized carbons (Fsp3) is 0.143. The first-order chi connectivity index (χ1) is 7.84. The minimum Gasteiger partial charge on any atom is -0.300 e. The minimum atomic E-state index is -0.180. The van der Waals surface area contributed by atoms with Crippen LogP contribution in [0.1, 0.15) is 23.2 Å². The van der Waals surface area contributed by atoms with Gasteiger partial charge in [-0.15, -0.1) is 0 Å². The smallest absolute Gasteiger partial charge is 0.123 e. The van der Waals surface area contributed by atoms with Crippen LogP contribution in [0.3, 0.4) is 0 Å². The molecule has 16 heavy (non-hydrogen) atoms. The third kappa shape index (κ3) is 1.72. The molecule has 2 unspecified atom stereocenters. The molecule has 1 fully saturated rings. The van der Waals surface area contributed by atoms with Gasteiger partial charge < -0.3 is 0 Å². The van der Waals surface area contributed by atoms with Gasteiger partial charge in [0.15, 0.2) is 0 Å². The van der Waals surface area contributed by atoms with Crippen LogP contribution in [0.4, 0.5) is 4.39 Å².